The Hall–Kier alpha value is -2.85. The van der Waals surface area contributed by atoms with Gasteiger partial charge in [-0.2, -0.15) is 0 Å². The minimum Gasteiger partial charge on any atom is -0.355 e. The van der Waals surface area contributed by atoms with Crippen LogP contribution >= 0.6 is 22.6 Å². The zero-order chi connectivity index (χ0) is 20.7. The lowest BCUT2D eigenvalue weighted by atomic mass is 9.92. The fourth-order valence-corrected chi connectivity index (χ4v) is 5.03. The summed E-state index contributed by atoms with van der Waals surface area (Å²) in [6, 6.07) is 32.7. The van der Waals surface area contributed by atoms with Crippen LogP contribution in [0.4, 0.5) is 11.4 Å². The van der Waals surface area contributed by atoms with Gasteiger partial charge >= 0.3 is 0 Å². The van der Waals surface area contributed by atoms with Crippen LogP contribution in [0.25, 0.3) is 32.7 Å². The molecule has 0 amide bonds. The third kappa shape index (κ3) is 3.25. The summed E-state index contributed by atoms with van der Waals surface area (Å²) in [5, 5.41) is 8.85. The fraction of sp³-hybridized carbons (Fsp3) is 0.0714. The molecule has 0 aromatic heterocycles. The van der Waals surface area contributed by atoms with E-state index in [9.17, 15) is 0 Å². The van der Waals surface area contributed by atoms with Crippen LogP contribution in [0.2, 0.25) is 0 Å². The van der Waals surface area contributed by atoms with E-state index in [2.05, 4.69) is 133 Å². The molecule has 146 valence electrons. The Balaban J connectivity index is 1.86. The van der Waals surface area contributed by atoms with Crippen LogP contribution in [0.3, 0.4) is 0 Å². The van der Waals surface area contributed by atoms with Crippen molar-refractivity contribution in [2.75, 3.05) is 5.32 Å². The van der Waals surface area contributed by atoms with Gasteiger partial charge in [-0.15, -0.1) is 0 Å². The number of nitrogens with one attached hydrogen (secondary N) is 1. The summed E-state index contributed by atoms with van der Waals surface area (Å²) in [4.78, 5) is 0. The predicted octanol–water partition coefficient (Wildman–Crippen LogP) is 8.63. The Morgan fingerprint density at radius 3 is 1.80 bits per heavy atom. The molecule has 2 heteroatoms. The van der Waals surface area contributed by atoms with Crippen molar-refractivity contribution >= 4 is 55.5 Å². The summed E-state index contributed by atoms with van der Waals surface area (Å²) >= 11 is 2.48. The first-order valence-electron chi connectivity index (χ1n) is 10.2. The van der Waals surface area contributed by atoms with Crippen molar-refractivity contribution in [1.82, 2.24) is 0 Å². The third-order valence-corrected chi connectivity index (χ3v) is 6.70. The molecule has 0 spiro atoms. The molecule has 1 N–H and O–H groups in total. The second kappa shape index (κ2) is 7.77. The minimum absolute atomic E-state index is 1.14. The maximum Gasteiger partial charge on any atom is 0.0471 e. The quantitative estimate of drug-likeness (QED) is 0.245. The topological polar surface area (TPSA) is 12.0 Å². The number of para-hydroxylation sites is 1. The summed E-state index contributed by atoms with van der Waals surface area (Å²) < 4.78 is 1.26. The van der Waals surface area contributed by atoms with Gasteiger partial charge in [0.1, 0.15) is 0 Å². The highest BCUT2D eigenvalue weighted by atomic mass is 127. The molecule has 0 atom stereocenters. The van der Waals surface area contributed by atoms with E-state index in [-0.39, 0.29) is 0 Å². The molecular weight excluding hydrogens is 477 g/mol. The number of hydrogen-bond donors (Lipinski definition) is 1. The Kier molecular flexibility index (Phi) is 4.95. The van der Waals surface area contributed by atoms with E-state index in [0.717, 1.165) is 5.69 Å². The van der Waals surface area contributed by atoms with Gasteiger partial charge in [-0.3, -0.25) is 0 Å². The summed E-state index contributed by atoms with van der Waals surface area (Å²) in [5.74, 6) is 0. The standard InChI is InChI=1S/C28H22IN/c1-18-8-7-9-19(2)28(18)30-25-17-15-21-11-4-6-13-23(21)27(25)26-22-12-5-3-10-20(22)14-16-24(26)29/h3-17,30H,1-2H3. The Morgan fingerprint density at radius 1 is 0.567 bits per heavy atom. The Labute approximate surface area is 190 Å². The van der Waals surface area contributed by atoms with E-state index < -0.39 is 0 Å². The van der Waals surface area contributed by atoms with Crippen molar-refractivity contribution in [1.29, 1.82) is 0 Å². The second-order valence-electron chi connectivity index (χ2n) is 7.74. The summed E-state index contributed by atoms with van der Waals surface area (Å²) in [6.45, 7) is 4.33. The van der Waals surface area contributed by atoms with Gasteiger partial charge in [-0.25, -0.2) is 0 Å². The molecule has 0 heterocycles. The molecule has 0 bridgehead atoms. The highest BCUT2D eigenvalue weighted by molar-refractivity contribution is 14.1. The fourth-order valence-electron chi connectivity index (χ4n) is 4.29. The number of rotatable bonds is 3. The molecule has 1 nitrogen and oxygen atoms in total. The molecule has 0 radical (unpaired) electrons. The molecule has 5 aromatic rings. The number of halogens is 1. The summed E-state index contributed by atoms with van der Waals surface area (Å²) in [7, 11) is 0. The van der Waals surface area contributed by atoms with Gasteiger partial charge < -0.3 is 5.32 Å². The van der Waals surface area contributed by atoms with Crippen molar-refractivity contribution in [3.8, 4) is 11.1 Å². The van der Waals surface area contributed by atoms with Crippen LogP contribution in [-0.2, 0) is 0 Å². The second-order valence-corrected chi connectivity index (χ2v) is 8.91. The SMILES string of the molecule is Cc1cccc(C)c1Nc1ccc2ccccc2c1-c1c(I)ccc2ccccc12. The van der Waals surface area contributed by atoms with Crippen molar-refractivity contribution in [2.45, 2.75) is 13.8 Å². The lowest BCUT2D eigenvalue weighted by Gasteiger charge is -2.20. The zero-order valence-corrected chi connectivity index (χ0v) is 19.2. The van der Waals surface area contributed by atoms with Gasteiger partial charge in [0.15, 0.2) is 0 Å². The maximum atomic E-state index is 3.79. The minimum atomic E-state index is 1.14. The lowest BCUT2D eigenvalue weighted by Crippen LogP contribution is -1.99. The summed E-state index contributed by atoms with van der Waals surface area (Å²) in [5.41, 5.74) is 7.38. The molecule has 0 fully saturated rings. The van der Waals surface area contributed by atoms with E-state index in [1.54, 1.807) is 0 Å². The monoisotopic (exact) mass is 499 g/mol. The van der Waals surface area contributed by atoms with Crippen LogP contribution in [0.15, 0.2) is 91.0 Å². The number of anilines is 2. The van der Waals surface area contributed by atoms with Crippen LogP contribution in [0.1, 0.15) is 11.1 Å². The number of hydrogen-bond acceptors (Lipinski definition) is 1. The smallest absolute Gasteiger partial charge is 0.0471 e. The van der Waals surface area contributed by atoms with Crippen molar-refractivity contribution < 1.29 is 0 Å². The number of benzene rings is 5. The highest BCUT2D eigenvalue weighted by Gasteiger charge is 2.17. The van der Waals surface area contributed by atoms with E-state index in [1.807, 2.05) is 0 Å². The number of fused-ring (bicyclic) bond motifs is 2. The van der Waals surface area contributed by atoms with E-state index in [1.165, 1.54) is 53.1 Å². The lowest BCUT2D eigenvalue weighted by molar-refractivity contribution is 1.36. The molecular formula is C28H22IN. The van der Waals surface area contributed by atoms with Crippen LogP contribution < -0.4 is 5.32 Å². The van der Waals surface area contributed by atoms with Gasteiger partial charge in [0, 0.05) is 26.1 Å². The first kappa shape index (κ1) is 19.1. The maximum absolute atomic E-state index is 3.79. The predicted molar refractivity (Wildman–Crippen MR) is 139 cm³/mol. The van der Waals surface area contributed by atoms with Crippen LogP contribution in [0.5, 0.6) is 0 Å². The Bertz CT molecular complexity index is 1380. The molecule has 0 saturated carbocycles. The van der Waals surface area contributed by atoms with Crippen LogP contribution in [0, 0.1) is 17.4 Å². The van der Waals surface area contributed by atoms with E-state index >= 15 is 0 Å². The zero-order valence-electron chi connectivity index (χ0n) is 17.0. The average Bonchev–Trinajstić information content (AvgIpc) is 2.76. The molecule has 0 aliphatic carbocycles. The Morgan fingerprint density at radius 2 is 1.13 bits per heavy atom. The van der Waals surface area contributed by atoms with E-state index in [0.29, 0.717) is 0 Å². The van der Waals surface area contributed by atoms with Crippen LogP contribution in [-0.4, -0.2) is 0 Å². The van der Waals surface area contributed by atoms with Gasteiger partial charge in [-0.05, 0) is 81.2 Å². The van der Waals surface area contributed by atoms with Crippen molar-refractivity contribution in [2.24, 2.45) is 0 Å². The van der Waals surface area contributed by atoms with Crippen molar-refractivity contribution in [3.05, 3.63) is 106 Å². The summed E-state index contributed by atoms with van der Waals surface area (Å²) in [6.07, 6.45) is 0. The molecule has 30 heavy (non-hydrogen) atoms. The molecule has 0 aliphatic rings. The highest BCUT2D eigenvalue weighted by Crippen LogP contribution is 2.43. The van der Waals surface area contributed by atoms with Gasteiger partial charge in [0.05, 0.1) is 0 Å². The molecule has 5 rings (SSSR count). The molecule has 5 aromatic carbocycles. The van der Waals surface area contributed by atoms with Gasteiger partial charge in [-0.1, -0.05) is 78.9 Å². The largest absolute Gasteiger partial charge is 0.355 e. The van der Waals surface area contributed by atoms with E-state index in [4.69, 9.17) is 0 Å². The molecule has 0 saturated heterocycles. The normalized spacial score (nSPS) is 11.2. The first-order chi connectivity index (χ1) is 14.6. The first-order valence-corrected chi connectivity index (χ1v) is 11.2. The average molecular weight is 499 g/mol. The molecule has 0 aliphatic heterocycles. The van der Waals surface area contributed by atoms with Crippen molar-refractivity contribution in [3.63, 3.8) is 0 Å². The molecule has 0 unspecified atom stereocenters. The third-order valence-electron chi connectivity index (χ3n) is 5.80. The van der Waals surface area contributed by atoms with Gasteiger partial charge in [0.2, 0.25) is 0 Å². The number of aryl methyl sites for hydroxylation is 2. The van der Waals surface area contributed by atoms with Gasteiger partial charge in [0.25, 0.3) is 0 Å².